The molecule has 0 saturated heterocycles. The van der Waals surface area contributed by atoms with Gasteiger partial charge in [-0.3, -0.25) is 0 Å². The first-order chi connectivity index (χ1) is 42.9. The number of aryl methyl sites for hydroxylation is 3. The van der Waals surface area contributed by atoms with Crippen molar-refractivity contribution in [2.45, 2.75) is 41.6 Å². The van der Waals surface area contributed by atoms with Crippen LogP contribution in [0.15, 0.2) is 319 Å². The predicted octanol–water partition coefficient (Wildman–Crippen LogP) is 16.0. The third-order valence-electron chi connectivity index (χ3n) is 16.5. The average molecular weight is 1200 g/mol. The number of rotatable bonds is 8. The van der Waals surface area contributed by atoms with Crippen LogP contribution in [0.2, 0.25) is 0 Å². The van der Waals surface area contributed by atoms with Gasteiger partial charge in [0.2, 0.25) is 0 Å². The highest BCUT2D eigenvalue weighted by Crippen LogP contribution is 2.40. The molecule has 0 fully saturated rings. The van der Waals surface area contributed by atoms with Crippen LogP contribution in [0, 0.1) is 20.8 Å². The maximum Gasteiger partial charge on any atom is 0.172 e. The monoisotopic (exact) mass is 1200 g/mol. The topological polar surface area (TPSA) is 170 Å². The lowest BCUT2D eigenvalue weighted by Gasteiger charge is -2.27. The molecule has 0 amide bonds. The molecule has 89 heavy (non-hydrogen) atoms. The highest BCUT2D eigenvalue weighted by Gasteiger charge is 2.37. The molecule has 0 aromatic heterocycles. The van der Waals surface area contributed by atoms with E-state index in [-0.39, 0.29) is 20.9 Å². The Kier molecular flexibility index (Phi) is 17.6. The van der Waals surface area contributed by atoms with Gasteiger partial charge in [0.15, 0.2) is 11.1 Å². The van der Waals surface area contributed by atoms with Gasteiger partial charge in [-0.1, -0.05) is 314 Å². The number of quaternary nitrogens is 2. The summed E-state index contributed by atoms with van der Waals surface area (Å²) in [7, 11) is -8.96. The molecule has 0 saturated carbocycles. The third-order valence-corrected chi connectivity index (χ3v) is 18.3. The first-order valence-corrected chi connectivity index (χ1v) is 32.1. The van der Waals surface area contributed by atoms with Gasteiger partial charge < -0.3 is 20.6 Å². The molecule has 0 radical (unpaired) electrons. The van der Waals surface area contributed by atoms with Crippen LogP contribution in [-0.2, 0) is 31.3 Å². The molecule has 15 aromatic carbocycles. The maximum atomic E-state index is 11.4. The van der Waals surface area contributed by atoms with E-state index in [1.807, 2.05) is 109 Å². The first-order valence-electron chi connectivity index (χ1n) is 29.3. The fourth-order valence-electron chi connectivity index (χ4n) is 12.4. The maximum absolute atomic E-state index is 11.4. The van der Waals surface area contributed by atoms with E-state index in [0.29, 0.717) is 10.8 Å². The largest absolute Gasteiger partial charge is 0.744 e. The van der Waals surface area contributed by atoms with E-state index in [0.717, 1.165) is 53.9 Å². The molecule has 15 rings (SSSR count). The van der Waals surface area contributed by atoms with Crippen LogP contribution in [-0.4, -0.2) is 25.9 Å². The van der Waals surface area contributed by atoms with E-state index in [2.05, 4.69) is 196 Å². The molecule has 0 atom stereocenters. The van der Waals surface area contributed by atoms with Crippen LogP contribution in [0.3, 0.4) is 0 Å². The van der Waals surface area contributed by atoms with E-state index in [9.17, 15) is 25.9 Å². The second-order valence-corrected chi connectivity index (χ2v) is 25.1. The summed E-state index contributed by atoms with van der Waals surface area (Å²) in [5, 5.41) is 10.8. The summed E-state index contributed by atoms with van der Waals surface area (Å²) in [6.07, 6.45) is 0. The average Bonchev–Trinajstić information content (AvgIpc) is 2.05. The fourth-order valence-corrected chi connectivity index (χ4v) is 13.7. The van der Waals surface area contributed by atoms with Gasteiger partial charge in [0.05, 0.1) is 9.79 Å². The van der Waals surface area contributed by atoms with Gasteiger partial charge in [0.25, 0.3) is 0 Å². The molecule has 8 nitrogen and oxygen atoms in total. The van der Waals surface area contributed by atoms with Crippen molar-refractivity contribution in [1.82, 2.24) is 0 Å². The van der Waals surface area contributed by atoms with Gasteiger partial charge in [0.1, 0.15) is 20.2 Å². The standard InChI is InChI=1S/2C19H17N.2C16H10O3S.C9H12/c2*20-19(16-10-4-1-5-11-16,17-12-6-2-7-13-17)18-14-8-3-9-15-18;2*17-20(18,19)14-9-7-12-5-4-10-2-1-3-11-6-8-13(14)16(12)15(10)11;1-7-4-8(2)6-9(3)5-7/h2*1-15H,20H2;2*1-9H,(H,17,18,19);4-6H,1-3H3. The van der Waals surface area contributed by atoms with Gasteiger partial charge in [-0.15, -0.1) is 0 Å². The van der Waals surface area contributed by atoms with Crippen LogP contribution in [0.5, 0.6) is 0 Å². The van der Waals surface area contributed by atoms with Gasteiger partial charge in [-0.2, -0.15) is 0 Å². The van der Waals surface area contributed by atoms with Crippen molar-refractivity contribution in [3.05, 3.63) is 359 Å². The second-order valence-electron chi connectivity index (χ2n) is 22.4. The Morgan fingerprint density at radius 2 is 0.461 bits per heavy atom. The molecule has 0 aliphatic carbocycles. The van der Waals surface area contributed by atoms with Crippen LogP contribution in [0.4, 0.5) is 0 Å². The molecule has 6 N–H and O–H groups in total. The summed E-state index contributed by atoms with van der Waals surface area (Å²) in [5.74, 6) is 0. The van der Waals surface area contributed by atoms with E-state index < -0.39 is 20.2 Å². The van der Waals surface area contributed by atoms with E-state index in [1.165, 1.54) is 62.2 Å². The SMILES string of the molecule is Cc1cc(C)cc(C)c1.O=S(=O)([O-])c1ccc2ccc3cccc4ccc1c2c34.O=S(=O)([O-])c1ccc2ccc3cccc4ccc1c2c34.[NH3+]C(c1ccccc1)(c1ccccc1)c1ccccc1.[NH3+]C(c1ccccc1)(c1ccccc1)c1ccccc1. The van der Waals surface area contributed by atoms with Crippen molar-refractivity contribution < 1.29 is 37.4 Å². The quantitative estimate of drug-likeness (QED) is 0.0871. The van der Waals surface area contributed by atoms with E-state index in [1.54, 1.807) is 24.3 Å². The smallest absolute Gasteiger partial charge is 0.172 e. The van der Waals surface area contributed by atoms with Gasteiger partial charge in [-0.25, -0.2) is 16.8 Å². The number of benzene rings is 15. The summed E-state index contributed by atoms with van der Waals surface area (Å²) in [4.78, 5) is -0.300. The molecule has 0 aliphatic heterocycles. The molecule has 0 aliphatic rings. The first kappa shape index (κ1) is 60.8. The van der Waals surface area contributed by atoms with E-state index in [4.69, 9.17) is 0 Å². The highest BCUT2D eigenvalue weighted by molar-refractivity contribution is 7.86. The summed E-state index contributed by atoms with van der Waals surface area (Å²) in [6.45, 7) is 6.38. The van der Waals surface area contributed by atoms with Gasteiger partial charge in [-0.05, 0) is 86.8 Å². The molecular weight excluding hydrogens is 1140 g/mol. The fraction of sp³-hybridized carbons (Fsp3) is 0.0633. The normalized spacial score (nSPS) is 11.7. The molecule has 440 valence electrons. The lowest BCUT2D eigenvalue weighted by molar-refractivity contribution is -0.455. The van der Waals surface area contributed by atoms with Crippen molar-refractivity contribution >= 4 is 84.9 Å². The third kappa shape index (κ3) is 12.8. The summed E-state index contributed by atoms with van der Waals surface area (Å²) in [6, 6.07) is 103. The molecule has 10 heteroatoms. The minimum atomic E-state index is -4.48. The Morgan fingerprint density at radius 1 is 0.258 bits per heavy atom. The molecule has 0 unspecified atom stereocenters. The summed E-state index contributed by atoms with van der Waals surface area (Å²) < 4.78 is 68.5. The Balaban J connectivity index is 0.000000117. The van der Waals surface area contributed by atoms with Gasteiger partial charge >= 0.3 is 0 Å². The Labute approximate surface area is 520 Å². The molecule has 15 aromatic rings. The number of hydrogen-bond donors (Lipinski definition) is 2. The zero-order valence-electron chi connectivity index (χ0n) is 49.6. The van der Waals surface area contributed by atoms with Gasteiger partial charge in [0, 0.05) is 44.2 Å². The molecule has 0 heterocycles. The highest BCUT2D eigenvalue weighted by atomic mass is 32.2. The van der Waals surface area contributed by atoms with E-state index >= 15 is 0 Å². The zero-order chi connectivity index (χ0) is 62.3. The Hall–Kier alpha value is -9.88. The molecule has 0 spiro atoms. The minimum absolute atomic E-state index is 0.150. The number of hydrogen-bond acceptors (Lipinski definition) is 6. The lowest BCUT2D eigenvalue weighted by atomic mass is 9.78. The predicted molar refractivity (Wildman–Crippen MR) is 361 cm³/mol. The zero-order valence-corrected chi connectivity index (χ0v) is 51.3. The van der Waals surface area contributed by atoms with Crippen LogP contribution >= 0.6 is 0 Å². The minimum Gasteiger partial charge on any atom is -0.744 e. The van der Waals surface area contributed by atoms with Crippen molar-refractivity contribution in [3.8, 4) is 0 Å². The summed E-state index contributed by atoms with van der Waals surface area (Å²) in [5.41, 5.74) is 19.7. The van der Waals surface area contributed by atoms with Crippen molar-refractivity contribution in [3.63, 3.8) is 0 Å². The molecule has 0 bridgehead atoms. The van der Waals surface area contributed by atoms with Crippen molar-refractivity contribution in [1.29, 1.82) is 0 Å². The van der Waals surface area contributed by atoms with Crippen LogP contribution < -0.4 is 11.5 Å². The molecular formula is C79H66N2O6S2. The lowest BCUT2D eigenvalue weighted by Crippen LogP contribution is -2.71. The Morgan fingerprint density at radius 3 is 0.685 bits per heavy atom. The van der Waals surface area contributed by atoms with Crippen molar-refractivity contribution in [2.75, 3.05) is 0 Å². The second kappa shape index (κ2) is 25.8. The van der Waals surface area contributed by atoms with Crippen LogP contribution in [0.1, 0.15) is 50.1 Å². The van der Waals surface area contributed by atoms with Crippen molar-refractivity contribution in [2.24, 2.45) is 0 Å². The Bertz CT molecular complexity index is 4540. The summed E-state index contributed by atoms with van der Waals surface area (Å²) >= 11 is 0. The van der Waals surface area contributed by atoms with Crippen LogP contribution in [0.25, 0.3) is 64.6 Å².